The van der Waals surface area contributed by atoms with E-state index in [0.717, 1.165) is 20.3 Å². The van der Waals surface area contributed by atoms with Crippen LogP contribution in [0.4, 0.5) is 4.39 Å². The van der Waals surface area contributed by atoms with Crippen molar-refractivity contribution in [1.29, 1.82) is 0 Å². The summed E-state index contributed by atoms with van der Waals surface area (Å²) in [6.07, 6.45) is 0. The molecular formula is C14H14FIN2. The fraction of sp³-hybridized carbons (Fsp3) is 0.143. The van der Waals surface area contributed by atoms with E-state index in [-0.39, 0.29) is 11.9 Å². The van der Waals surface area contributed by atoms with E-state index in [1.807, 2.05) is 31.2 Å². The smallest absolute Gasteiger partial charge is 0.123 e. The minimum absolute atomic E-state index is 0.197. The van der Waals surface area contributed by atoms with Crippen LogP contribution in [0.2, 0.25) is 0 Å². The van der Waals surface area contributed by atoms with Crippen LogP contribution < -0.4 is 11.3 Å². The topological polar surface area (TPSA) is 38.0 Å². The first-order chi connectivity index (χ1) is 8.61. The summed E-state index contributed by atoms with van der Waals surface area (Å²) < 4.78 is 14.5. The maximum atomic E-state index is 13.4. The molecule has 0 spiro atoms. The van der Waals surface area contributed by atoms with Crippen LogP contribution in [-0.2, 0) is 0 Å². The van der Waals surface area contributed by atoms with Gasteiger partial charge in [-0.05, 0) is 70.5 Å². The number of hydrogen-bond donors (Lipinski definition) is 2. The van der Waals surface area contributed by atoms with E-state index in [1.165, 1.54) is 12.1 Å². The molecule has 94 valence electrons. The van der Waals surface area contributed by atoms with Gasteiger partial charge in [0.2, 0.25) is 0 Å². The van der Waals surface area contributed by atoms with Crippen LogP contribution in [0, 0.1) is 16.3 Å². The zero-order valence-corrected chi connectivity index (χ0v) is 12.1. The number of hydrazine groups is 1. The summed E-state index contributed by atoms with van der Waals surface area (Å²) in [5, 5.41) is 0. The minimum Gasteiger partial charge on any atom is -0.271 e. The highest BCUT2D eigenvalue weighted by atomic mass is 127. The summed E-state index contributed by atoms with van der Waals surface area (Å²) in [4.78, 5) is 0. The maximum Gasteiger partial charge on any atom is 0.123 e. The summed E-state index contributed by atoms with van der Waals surface area (Å²) in [6, 6.07) is 12.6. The van der Waals surface area contributed by atoms with Crippen molar-refractivity contribution < 1.29 is 4.39 Å². The minimum atomic E-state index is -0.249. The van der Waals surface area contributed by atoms with Gasteiger partial charge in [0.25, 0.3) is 0 Å². The van der Waals surface area contributed by atoms with E-state index in [1.54, 1.807) is 6.07 Å². The molecule has 0 saturated carbocycles. The van der Waals surface area contributed by atoms with Crippen LogP contribution in [0.15, 0.2) is 42.5 Å². The van der Waals surface area contributed by atoms with Gasteiger partial charge in [0.15, 0.2) is 0 Å². The molecule has 1 unspecified atom stereocenters. The first kappa shape index (κ1) is 13.5. The summed E-state index contributed by atoms with van der Waals surface area (Å²) in [5.41, 5.74) is 5.64. The largest absolute Gasteiger partial charge is 0.271 e. The van der Waals surface area contributed by atoms with Crippen molar-refractivity contribution in [3.63, 3.8) is 0 Å². The summed E-state index contributed by atoms with van der Waals surface area (Å²) in [5.74, 6) is 5.37. The molecule has 3 N–H and O–H groups in total. The molecule has 0 radical (unpaired) electrons. The van der Waals surface area contributed by atoms with Gasteiger partial charge in [0.1, 0.15) is 5.82 Å². The van der Waals surface area contributed by atoms with Crippen molar-refractivity contribution in [2.45, 2.75) is 13.0 Å². The van der Waals surface area contributed by atoms with Gasteiger partial charge < -0.3 is 0 Å². The molecule has 2 rings (SSSR count). The summed E-state index contributed by atoms with van der Waals surface area (Å²) in [6.45, 7) is 1.95. The fourth-order valence-electron chi connectivity index (χ4n) is 1.94. The van der Waals surface area contributed by atoms with Crippen molar-refractivity contribution in [1.82, 2.24) is 5.43 Å². The highest BCUT2D eigenvalue weighted by Gasteiger charge is 2.15. The van der Waals surface area contributed by atoms with Crippen LogP contribution in [0.3, 0.4) is 0 Å². The fourth-order valence-corrected chi connectivity index (χ4v) is 2.30. The van der Waals surface area contributed by atoms with Crippen molar-refractivity contribution in [2.24, 2.45) is 5.84 Å². The second kappa shape index (κ2) is 5.77. The SMILES string of the molecule is Cc1ccc(F)cc1C(NN)c1ccc(I)cc1. The lowest BCUT2D eigenvalue weighted by Crippen LogP contribution is -2.29. The third-order valence-corrected chi connectivity index (χ3v) is 3.64. The van der Waals surface area contributed by atoms with Crippen molar-refractivity contribution in [3.05, 3.63) is 68.5 Å². The molecule has 0 aliphatic carbocycles. The van der Waals surface area contributed by atoms with E-state index in [0.29, 0.717) is 0 Å². The van der Waals surface area contributed by atoms with Gasteiger partial charge in [0, 0.05) is 3.57 Å². The molecule has 0 aromatic heterocycles. The number of aryl methyl sites for hydroxylation is 1. The lowest BCUT2D eigenvalue weighted by Gasteiger charge is -2.19. The molecule has 0 amide bonds. The molecule has 2 aromatic rings. The molecular weight excluding hydrogens is 342 g/mol. The molecule has 0 aliphatic rings. The van der Waals surface area contributed by atoms with E-state index in [2.05, 4.69) is 28.0 Å². The van der Waals surface area contributed by atoms with Crippen LogP contribution in [0.1, 0.15) is 22.7 Å². The average Bonchev–Trinajstić information content (AvgIpc) is 2.37. The number of nitrogens with one attached hydrogen (secondary N) is 1. The molecule has 1 atom stereocenters. The average molecular weight is 356 g/mol. The van der Waals surface area contributed by atoms with Crippen LogP contribution in [0.5, 0.6) is 0 Å². The van der Waals surface area contributed by atoms with Gasteiger partial charge in [-0.1, -0.05) is 18.2 Å². The number of nitrogens with two attached hydrogens (primary N) is 1. The van der Waals surface area contributed by atoms with Crippen LogP contribution in [-0.4, -0.2) is 0 Å². The first-order valence-electron chi connectivity index (χ1n) is 5.59. The lowest BCUT2D eigenvalue weighted by atomic mass is 9.95. The van der Waals surface area contributed by atoms with Gasteiger partial charge in [-0.2, -0.15) is 0 Å². The van der Waals surface area contributed by atoms with Gasteiger partial charge >= 0.3 is 0 Å². The van der Waals surface area contributed by atoms with Crippen molar-refractivity contribution in [3.8, 4) is 0 Å². The molecule has 0 bridgehead atoms. The Bertz CT molecular complexity index is 540. The third kappa shape index (κ3) is 2.88. The second-order valence-corrected chi connectivity index (χ2v) is 5.40. The molecule has 0 fully saturated rings. The Balaban J connectivity index is 2.44. The molecule has 2 nitrogen and oxygen atoms in total. The normalized spacial score (nSPS) is 12.4. The zero-order chi connectivity index (χ0) is 13.1. The van der Waals surface area contributed by atoms with Gasteiger partial charge in [-0.15, -0.1) is 0 Å². The molecule has 2 aromatic carbocycles. The van der Waals surface area contributed by atoms with E-state index >= 15 is 0 Å². The van der Waals surface area contributed by atoms with E-state index < -0.39 is 0 Å². The van der Waals surface area contributed by atoms with Crippen LogP contribution >= 0.6 is 22.6 Å². The second-order valence-electron chi connectivity index (χ2n) is 4.15. The predicted octanol–water partition coefficient (Wildman–Crippen LogP) is 3.29. The summed E-state index contributed by atoms with van der Waals surface area (Å²) >= 11 is 2.25. The molecule has 0 aliphatic heterocycles. The highest BCUT2D eigenvalue weighted by Crippen LogP contribution is 2.25. The standard InChI is InChI=1S/C14H14FIN2/c1-9-2-5-11(15)8-13(9)14(18-17)10-3-6-12(16)7-4-10/h2-8,14,18H,17H2,1H3. The van der Waals surface area contributed by atoms with Crippen molar-refractivity contribution in [2.75, 3.05) is 0 Å². The maximum absolute atomic E-state index is 13.4. The van der Waals surface area contributed by atoms with E-state index in [9.17, 15) is 4.39 Å². The highest BCUT2D eigenvalue weighted by molar-refractivity contribution is 14.1. The Morgan fingerprint density at radius 3 is 2.44 bits per heavy atom. The molecule has 18 heavy (non-hydrogen) atoms. The number of benzene rings is 2. The number of halogens is 2. The Kier molecular flexibility index (Phi) is 4.31. The quantitative estimate of drug-likeness (QED) is 0.503. The predicted molar refractivity (Wildman–Crippen MR) is 79.5 cm³/mol. The lowest BCUT2D eigenvalue weighted by molar-refractivity contribution is 0.602. The Hall–Kier alpha value is -0.980. The third-order valence-electron chi connectivity index (χ3n) is 2.92. The molecule has 0 saturated heterocycles. The van der Waals surface area contributed by atoms with Crippen molar-refractivity contribution >= 4 is 22.6 Å². The van der Waals surface area contributed by atoms with Crippen LogP contribution in [0.25, 0.3) is 0 Å². The first-order valence-corrected chi connectivity index (χ1v) is 6.67. The zero-order valence-electron chi connectivity index (χ0n) is 9.95. The van der Waals surface area contributed by atoms with Gasteiger partial charge in [-0.3, -0.25) is 5.84 Å². The molecule has 0 heterocycles. The number of rotatable bonds is 3. The van der Waals surface area contributed by atoms with Gasteiger partial charge in [-0.25, -0.2) is 9.82 Å². The Morgan fingerprint density at radius 2 is 1.83 bits per heavy atom. The Morgan fingerprint density at radius 1 is 1.17 bits per heavy atom. The monoisotopic (exact) mass is 356 g/mol. The van der Waals surface area contributed by atoms with E-state index in [4.69, 9.17) is 5.84 Å². The van der Waals surface area contributed by atoms with Gasteiger partial charge in [0.05, 0.1) is 6.04 Å². The molecule has 4 heteroatoms. The number of hydrogen-bond acceptors (Lipinski definition) is 2. The summed E-state index contributed by atoms with van der Waals surface area (Å²) in [7, 11) is 0. The Labute approximate surface area is 120 Å².